The van der Waals surface area contributed by atoms with E-state index in [0.29, 0.717) is 18.3 Å². The predicted molar refractivity (Wildman–Crippen MR) is 67.3 cm³/mol. The van der Waals surface area contributed by atoms with Crippen LogP contribution in [0.3, 0.4) is 0 Å². The highest BCUT2D eigenvalue weighted by Crippen LogP contribution is 2.26. The number of nitrogens with zero attached hydrogens (tertiary/aromatic N) is 2. The number of aromatic nitrogens is 1. The van der Waals surface area contributed by atoms with Crippen molar-refractivity contribution in [2.45, 2.75) is 31.8 Å². The third-order valence-corrected chi connectivity index (χ3v) is 3.30. The summed E-state index contributed by atoms with van der Waals surface area (Å²) in [7, 11) is 0. The van der Waals surface area contributed by atoms with E-state index in [2.05, 4.69) is 10.3 Å². The molecule has 1 aromatic heterocycles. The van der Waals surface area contributed by atoms with Gasteiger partial charge in [-0.1, -0.05) is 6.42 Å². The van der Waals surface area contributed by atoms with Gasteiger partial charge in [0.25, 0.3) is 0 Å². The summed E-state index contributed by atoms with van der Waals surface area (Å²) >= 11 is 0. The molecule has 0 radical (unpaired) electrons. The molecular weight excluding hydrogens is 234 g/mol. The van der Waals surface area contributed by atoms with Gasteiger partial charge in [-0.25, -0.2) is 4.98 Å². The number of nitrogens with one attached hydrogen (secondary N) is 1. The Morgan fingerprint density at radius 2 is 2.39 bits per heavy atom. The highest BCUT2D eigenvalue weighted by atomic mass is 16.6. The molecule has 6 nitrogen and oxygen atoms in total. The van der Waals surface area contributed by atoms with Gasteiger partial charge in [-0.15, -0.1) is 0 Å². The van der Waals surface area contributed by atoms with Gasteiger partial charge < -0.3 is 10.4 Å². The molecule has 1 fully saturated rings. The zero-order valence-electron chi connectivity index (χ0n) is 10.1. The summed E-state index contributed by atoms with van der Waals surface area (Å²) in [5, 5.41) is 23.4. The lowest BCUT2D eigenvalue weighted by Crippen LogP contribution is -2.25. The summed E-state index contributed by atoms with van der Waals surface area (Å²) in [6.45, 7) is 0.620. The highest BCUT2D eigenvalue weighted by Gasteiger charge is 2.21. The number of hydrogen-bond donors (Lipinski definition) is 2. The molecule has 1 aliphatic rings. The summed E-state index contributed by atoms with van der Waals surface area (Å²) in [5.41, 5.74) is -0.00569. The van der Waals surface area contributed by atoms with Crippen LogP contribution in [0.25, 0.3) is 0 Å². The molecule has 98 valence electrons. The molecule has 1 saturated carbocycles. The number of anilines is 1. The van der Waals surface area contributed by atoms with Crippen LogP contribution >= 0.6 is 0 Å². The molecule has 18 heavy (non-hydrogen) atoms. The first kappa shape index (κ1) is 12.8. The Morgan fingerprint density at radius 3 is 3.11 bits per heavy atom. The Balaban J connectivity index is 1.95. The van der Waals surface area contributed by atoms with Crippen molar-refractivity contribution in [1.82, 2.24) is 4.98 Å². The Morgan fingerprint density at radius 1 is 1.56 bits per heavy atom. The summed E-state index contributed by atoms with van der Waals surface area (Å²) in [6, 6.07) is 2.98. The van der Waals surface area contributed by atoms with Gasteiger partial charge >= 0.3 is 5.69 Å². The second-order valence-electron chi connectivity index (χ2n) is 4.70. The van der Waals surface area contributed by atoms with E-state index in [9.17, 15) is 15.2 Å². The monoisotopic (exact) mass is 251 g/mol. The third-order valence-electron chi connectivity index (χ3n) is 3.30. The van der Waals surface area contributed by atoms with Crippen molar-refractivity contribution in [1.29, 1.82) is 0 Å². The molecule has 0 aromatic carbocycles. The number of nitro groups is 1. The summed E-state index contributed by atoms with van der Waals surface area (Å²) < 4.78 is 0. The van der Waals surface area contributed by atoms with Crippen molar-refractivity contribution in [3.8, 4) is 0 Å². The first-order chi connectivity index (χ1) is 8.66. The largest absolute Gasteiger partial charge is 0.393 e. The van der Waals surface area contributed by atoms with Gasteiger partial charge in [-0.05, 0) is 31.2 Å². The number of aliphatic hydroxyl groups is 1. The standard InChI is InChI=1S/C12H17N3O3/c16-10-4-1-3-9(7-10)8-14-12-11(15(17)18)5-2-6-13-12/h2,5-6,9-10,16H,1,3-4,7-8H2,(H,13,14). The Hall–Kier alpha value is -1.69. The molecule has 2 rings (SSSR count). The number of pyridine rings is 1. The van der Waals surface area contributed by atoms with Crippen LogP contribution in [-0.4, -0.2) is 27.7 Å². The van der Waals surface area contributed by atoms with Crippen molar-refractivity contribution in [3.05, 3.63) is 28.4 Å². The minimum absolute atomic E-state index is 0.00569. The van der Waals surface area contributed by atoms with Crippen molar-refractivity contribution in [3.63, 3.8) is 0 Å². The quantitative estimate of drug-likeness (QED) is 0.630. The molecule has 2 unspecified atom stereocenters. The molecular formula is C12H17N3O3. The minimum atomic E-state index is -0.439. The van der Waals surface area contributed by atoms with Crippen LogP contribution in [0.5, 0.6) is 0 Å². The Labute approximate surface area is 105 Å². The maximum Gasteiger partial charge on any atom is 0.311 e. The van der Waals surface area contributed by atoms with Crippen LogP contribution in [0.2, 0.25) is 0 Å². The summed E-state index contributed by atoms with van der Waals surface area (Å²) in [4.78, 5) is 14.4. The molecule has 6 heteroatoms. The average molecular weight is 251 g/mol. The van der Waals surface area contributed by atoms with E-state index in [0.717, 1.165) is 25.7 Å². The molecule has 0 amide bonds. The zero-order valence-corrected chi connectivity index (χ0v) is 10.1. The maximum atomic E-state index is 10.8. The van der Waals surface area contributed by atoms with Gasteiger partial charge in [-0.3, -0.25) is 10.1 Å². The fourth-order valence-corrected chi connectivity index (χ4v) is 2.37. The second kappa shape index (κ2) is 5.77. The predicted octanol–water partition coefficient (Wildman–Crippen LogP) is 1.95. The highest BCUT2D eigenvalue weighted by molar-refractivity contribution is 5.54. The van der Waals surface area contributed by atoms with E-state index in [4.69, 9.17) is 0 Å². The van der Waals surface area contributed by atoms with E-state index in [1.165, 1.54) is 12.3 Å². The molecule has 1 heterocycles. The first-order valence-electron chi connectivity index (χ1n) is 6.18. The summed E-state index contributed by atoms with van der Waals surface area (Å²) in [6.07, 6.45) is 4.98. The van der Waals surface area contributed by atoms with E-state index >= 15 is 0 Å². The van der Waals surface area contributed by atoms with Gasteiger partial charge in [0.15, 0.2) is 0 Å². The fraction of sp³-hybridized carbons (Fsp3) is 0.583. The molecule has 2 N–H and O–H groups in total. The van der Waals surface area contributed by atoms with E-state index in [-0.39, 0.29) is 11.8 Å². The fourth-order valence-electron chi connectivity index (χ4n) is 2.37. The number of hydrogen-bond acceptors (Lipinski definition) is 5. The van der Waals surface area contributed by atoms with E-state index < -0.39 is 4.92 Å². The second-order valence-corrected chi connectivity index (χ2v) is 4.70. The molecule has 0 bridgehead atoms. The van der Waals surface area contributed by atoms with Crippen LogP contribution in [0.15, 0.2) is 18.3 Å². The summed E-state index contributed by atoms with van der Waals surface area (Å²) in [5.74, 6) is 0.665. The molecule has 0 spiro atoms. The smallest absolute Gasteiger partial charge is 0.311 e. The molecule has 0 aliphatic heterocycles. The van der Waals surface area contributed by atoms with Crippen LogP contribution in [-0.2, 0) is 0 Å². The van der Waals surface area contributed by atoms with Crippen molar-refractivity contribution >= 4 is 11.5 Å². The van der Waals surface area contributed by atoms with Crippen LogP contribution in [0, 0.1) is 16.0 Å². The van der Waals surface area contributed by atoms with Gasteiger partial charge in [0, 0.05) is 18.8 Å². The molecule has 1 aromatic rings. The number of aliphatic hydroxyl groups excluding tert-OH is 1. The van der Waals surface area contributed by atoms with Crippen molar-refractivity contribution < 1.29 is 10.0 Å². The van der Waals surface area contributed by atoms with Gasteiger partial charge in [0.1, 0.15) is 0 Å². The third kappa shape index (κ3) is 3.16. The maximum absolute atomic E-state index is 10.8. The lowest BCUT2D eigenvalue weighted by molar-refractivity contribution is -0.384. The first-order valence-corrected chi connectivity index (χ1v) is 6.18. The lowest BCUT2D eigenvalue weighted by Gasteiger charge is -2.25. The molecule has 2 atom stereocenters. The van der Waals surface area contributed by atoms with Crippen LogP contribution < -0.4 is 5.32 Å². The topological polar surface area (TPSA) is 88.3 Å². The van der Waals surface area contributed by atoms with E-state index in [1.807, 2.05) is 0 Å². The normalized spacial score (nSPS) is 23.6. The van der Waals surface area contributed by atoms with Gasteiger partial charge in [0.05, 0.1) is 11.0 Å². The van der Waals surface area contributed by atoms with E-state index in [1.54, 1.807) is 6.07 Å². The van der Waals surface area contributed by atoms with Gasteiger partial charge in [-0.2, -0.15) is 0 Å². The SMILES string of the molecule is O=[N+]([O-])c1cccnc1NCC1CCCC(O)C1. The van der Waals surface area contributed by atoms with Gasteiger partial charge in [0.2, 0.25) is 5.82 Å². The zero-order chi connectivity index (χ0) is 13.0. The minimum Gasteiger partial charge on any atom is -0.393 e. The molecule has 1 aliphatic carbocycles. The number of rotatable bonds is 4. The Bertz CT molecular complexity index is 425. The van der Waals surface area contributed by atoms with Crippen molar-refractivity contribution in [2.75, 3.05) is 11.9 Å². The van der Waals surface area contributed by atoms with Crippen LogP contribution in [0.4, 0.5) is 11.5 Å². The average Bonchev–Trinajstić information content (AvgIpc) is 2.37. The van der Waals surface area contributed by atoms with Crippen molar-refractivity contribution in [2.24, 2.45) is 5.92 Å². The van der Waals surface area contributed by atoms with Crippen LogP contribution in [0.1, 0.15) is 25.7 Å². The molecule has 0 saturated heterocycles. The Kier molecular flexibility index (Phi) is 4.09. The lowest BCUT2D eigenvalue weighted by atomic mass is 9.87.